The molecule has 0 radical (unpaired) electrons. The Morgan fingerprint density at radius 2 is 1.93 bits per heavy atom. The second-order valence-corrected chi connectivity index (χ2v) is 6.93. The van der Waals surface area contributed by atoms with Crippen LogP contribution in [0.25, 0.3) is 11.1 Å². The van der Waals surface area contributed by atoms with Gasteiger partial charge in [-0.25, -0.2) is 4.79 Å². The van der Waals surface area contributed by atoms with Crippen molar-refractivity contribution < 1.29 is 13.9 Å². The minimum atomic E-state index is -0.673. The number of nitrogens with zero attached hydrogens (tertiary/aromatic N) is 1. The molecular formula is C21H22N2O4. The van der Waals surface area contributed by atoms with Gasteiger partial charge < -0.3 is 14.5 Å². The maximum absolute atomic E-state index is 13.0. The van der Waals surface area contributed by atoms with Gasteiger partial charge in [-0.15, -0.1) is 0 Å². The summed E-state index contributed by atoms with van der Waals surface area (Å²) in [6.45, 7) is 0. The molecule has 1 aliphatic rings. The smallest absolute Gasteiger partial charge is 0.408 e. The first-order chi connectivity index (χ1) is 13.1. The number of amides is 1. The number of anilines is 1. The Labute approximate surface area is 156 Å². The van der Waals surface area contributed by atoms with Crippen LogP contribution in [-0.2, 0) is 16.6 Å². The third kappa shape index (κ3) is 3.66. The third-order valence-corrected chi connectivity index (χ3v) is 5.03. The number of aryl methyl sites for hydroxylation is 1. The molecule has 1 atom stereocenters. The lowest BCUT2D eigenvalue weighted by Crippen LogP contribution is -2.26. The molecule has 1 aromatic heterocycles. The van der Waals surface area contributed by atoms with Crippen molar-refractivity contribution in [2.75, 3.05) is 5.32 Å². The first-order valence-electron chi connectivity index (χ1n) is 9.22. The number of hydrogen-bond donors (Lipinski definition) is 1. The Morgan fingerprint density at radius 3 is 2.67 bits per heavy atom. The number of fused-ring (bicyclic) bond motifs is 1. The van der Waals surface area contributed by atoms with Crippen LogP contribution in [0.2, 0.25) is 0 Å². The zero-order valence-electron chi connectivity index (χ0n) is 15.2. The molecular weight excluding hydrogens is 344 g/mol. The van der Waals surface area contributed by atoms with E-state index in [9.17, 15) is 9.59 Å². The summed E-state index contributed by atoms with van der Waals surface area (Å²) in [4.78, 5) is 24.6. The molecule has 2 aromatic carbocycles. The van der Waals surface area contributed by atoms with Crippen LogP contribution >= 0.6 is 0 Å². The molecule has 140 valence electrons. The van der Waals surface area contributed by atoms with Crippen LogP contribution < -0.4 is 11.1 Å². The minimum Gasteiger partial charge on any atom is -0.408 e. The number of carbonyl (C=O) groups is 1. The minimum absolute atomic E-state index is 0.107. The van der Waals surface area contributed by atoms with Crippen molar-refractivity contribution in [3.8, 4) is 0 Å². The summed E-state index contributed by atoms with van der Waals surface area (Å²) < 4.78 is 12.8. The number of nitrogens with one attached hydrogen (secondary N) is 1. The predicted octanol–water partition coefficient (Wildman–Crippen LogP) is 3.77. The van der Waals surface area contributed by atoms with Gasteiger partial charge in [0.15, 0.2) is 11.7 Å². The van der Waals surface area contributed by atoms with Crippen molar-refractivity contribution in [2.24, 2.45) is 7.05 Å². The maximum atomic E-state index is 13.0. The number of ether oxygens (including phenoxy) is 1. The van der Waals surface area contributed by atoms with E-state index in [-0.39, 0.29) is 12.0 Å². The molecule has 1 unspecified atom stereocenters. The van der Waals surface area contributed by atoms with Crippen molar-refractivity contribution >= 4 is 22.7 Å². The lowest BCUT2D eigenvalue weighted by Gasteiger charge is -2.22. The van der Waals surface area contributed by atoms with E-state index in [1.54, 1.807) is 25.2 Å². The van der Waals surface area contributed by atoms with Gasteiger partial charge in [-0.05, 0) is 30.5 Å². The molecule has 1 amide bonds. The molecule has 4 rings (SSSR count). The molecule has 0 aliphatic heterocycles. The maximum Gasteiger partial charge on any atom is 0.419 e. The van der Waals surface area contributed by atoms with E-state index in [4.69, 9.17) is 9.15 Å². The Hall–Kier alpha value is -2.86. The average molecular weight is 366 g/mol. The van der Waals surface area contributed by atoms with Gasteiger partial charge in [0.05, 0.1) is 11.6 Å². The number of aromatic nitrogens is 1. The highest BCUT2D eigenvalue weighted by Gasteiger charge is 2.27. The summed E-state index contributed by atoms with van der Waals surface area (Å²) in [5, 5.41) is 2.90. The lowest BCUT2D eigenvalue weighted by molar-refractivity contribution is -0.131. The van der Waals surface area contributed by atoms with E-state index < -0.39 is 11.9 Å². The van der Waals surface area contributed by atoms with E-state index >= 15 is 0 Å². The number of oxazole rings is 1. The van der Waals surface area contributed by atoms with Crippen LogP contribution in [0.15, 0.2) is 57.7 Å². The molecule has 6 nitrogen and oxygen atoms in total. The van der Waals surface area contributed by atoms with Crippen molar-refractivity contribution in [2.45, 2.75) is 37.9 Å². The fourth-order valence-electron chi connectivity index (χ4n) is 3.56. The van der Waals surface area contributed by atoms with Crippen molar-refractivity contribution in [3.05, 3.63) is 64.6 Å². The Balaban J connectivity index is 1.58. The van der Waals surface area contributed by atoms with E-state index in [1.807, 2.05) is 30.3 Å². The van der Waals surface area contributed by atoms with Gasteiger partial charge in [0.1, 0.15) is 0 Å². The molecule has 1 fully saturated rings. The van der Waals surface area contributed by atoms with Crippen LogP contribution in [0.1, 0.15) is 37.4 Å². The highest BCUT2D eigenvalue weighted by Crippen LogP contribution is 2.29. The van der Waals surface area contributed by atoms with Crippen molar-refractivity contribution in [3.63, 3.8) is 0 Å². The summed E-state index contributed by atoms with van der Waals surface area (Å²) in [5.41, 5.74) is 2.51. The molecule has 0 spiro atoms. The second-order valence-electron chi connectivity index (χ2n) is 6.93. The summed E-state index contributed by atoms with van der Waals surface area (Å²) in [6, 6.07) is 14.7. The largest absolute Gasteiger partial charge is 0.419 e. The Bertz CT molecular complexity index is 1000. The first-order valence-corrected chi connectivity index (χ1v) is 9.22. The van der Waals surface area contributed by atoms with Crippen LogP contribution in [0.5, 0.6) is 0 Å². The fraction of sp³-hybridized carbons (Fsp3) is 0.333. The van der Waals surface area contributed by atoms with Gasteiger partial charge >= 0.3 is 5.76 Å². The van der Waals surface area contributed by atoms with E-state index in [1.165, 1.54) is 4.57 Å². The predicted molar refractivity (Wildman–Crippen MR) is 103 cm³/mol. The van der Waals surface area contributed by atoms with Crippen molar-refractivity contribution in [1.82, 2.24) is 4.57 Å². The van der Waals surface area contributed by atoms with E-state index in [2.05, 4.69) is 5.32 Å². The molecule has 1 heterocycles. The highest BCUT2D eigenvalue weighted by atomic mass is 16.5. The third-order valence-electron chi connectivity index (χ3n) is 5.03. The van der Waals surface area contributed by atoms with E-state index in [0.717, 1.165) is 31.2 Å². The van der Waals surface area contributed by atoms with Gasteiger partial charge in [0, 0.05) is 18.8 Å². The number of hydrogen-bond acceptors (Lipinski definition) is 4. The standard InChI is InChI=1S/C21H22N2O4/c1-23-17-12-11-15(13-18(17)27-21(23)25)22-20(24)19(14-7-3-2-4-8-14)26-16-9-5-6-10-16/h2-4,7-8,11-13,16,19H,5-6,9-10H2,1H3,(H,22,24). The van der Waals surface area contributed by atoms with Gasteiger partial charge in [0.25, 0.3) is 5.91 Å². The molecule has 27 heavy (non-hydrogen) atoms. The zero-order valence-corrected chi connectivity index (χ0v) is 15.2. The molecule has 3 aromatic rings. The normalized spacial score (nSPS) is 15.9. The number of benzene rings is 2. The Morgan fingerprint density at radius 1 is 1.19 bits per heavy atom. The van der Waals surface area contributed by atoms with Crippen LogP contribution in [0.4, 0.5) is 5.69 Å². The van der Waals surface area contributed by atoms with Crippen molar-refractivity contribution in [1.29, 1.82) is 0 Å². The first kappa shape index (κ1) is 17.5. The number of rotatable bonds is 5. The lowest BCUT2D eigenvalue weighted by atomic mass is 10.1. The fourth-order valence-corrected chi connectivity index (χ4v) is 3.56. The average Bonchev–Trinajstić information content (AvgIpc) is 3.28. The SMILES string of the molecule is Cn1c(=O)oc2cc(NC(=O)C(OC3CCCC3)c3ccccc3)ccc21. The molecule has 0 bridgehead atoms. The summed E-state index contributed by atoms with van der Waals surface area (Å²) >= 11 is 0. The van der Waals surface area contributed by atoms with Gasteiger partial charge in [-0.2, -0.15) is 0 Å². The molecule has 0 saturated heterocycles. The van der Waals surface area contributed by atoms with Crippen LogP contribution in [0.3, 0.4) is 0 Å². The van der Waals surface area contributed by atoms with Crippen LogP contribution in [-0.4, -0.2) is 16.6 Å². The van der Waals surface area contributed by atoms with Gasteiger partial charge in [0.2, 0.25) is 0 Å². The van der Waals surface area contributed by atoms with Gasteiger partial charge in [-0.1, -0.05) is 43.2 Å². The van der Waals surface area contributed by atoms with E-state index in [0.29, 0.717) is 16.8 Å². The molecule has 1 N–H and O–H groups in total. The highest BCUT2D eigenvalue weighted by molar-refractivity contribution is 5.96. The Kier molecular flexibility index (Phi) is 4.81. The summed E-state index contributed by atoms with van der Waals surface area (Å²) in [6.07, 6.45) is 3.67. The molecule has 6 heteroatoms. The second kappa shape index (κ2) is 7.40. The monoisotopic (exact) mass is 366 g/mol. The summed E-state index contributed by atoms with van der Waals surface area (Å²) in [5.74, 6) is -0.661. The number of carbonyl (C=O) groups excluding carboxylic acids is 1. The summed E-state index contributed by atoms with van der Waals surface area (Å²) in [7, 11) is 1.65. The molecule has 1 saturated carbocycles. The topological polar surface area (TPSA) is 73.5 Å². The zero-order chi connectivity index (χ0) is 18.8. The van der Waals surface area contributed by atoms with Crippen LogP contribution in [0, 0.1) is 0 Å². The quantitative estimate of drug-likeness (QED) is 0.746. The van der Waals surface area contributed by atoms with Gasteiger partial charge in [-0.3, -0.25) is 9.36 Å². The molecule has 1 aliphatic carbocycles.